The molecule has 2 N–H and O–H groups in total. The molecule has 0 saturated carbocycles. The van der Waals surface area contributed by atoms with Gasteiger partial charge in [-0.3, -0.25) is 4.79 Å². The Bertz CT molecular complexity index is 548. The Hall–Kier alpha value is -0.813. The number of hydrogen-bond donors (Lipinski definition) is 2. The summed E-state index contributed by atoms with van der Waals surface area (Å²) in [5.74, 6) is -0.229. The maximum atomic E-state index is 11.2. The molecule has 1 aliphatic rings. The molecule has 8 nitrogen and oxygen atoms in total. The summed E-state index contributed by atoms with van der Waals surface area (Å²) in [6, 6.07) is 0. The lowest BCUT2D eigenvalue weighted by molar-refractivity contribution is -0.306. The third kappa shape index (κ3) is 8.92. The molecule has 0 aliphatic carbocycles. The van der Waals surface area contributed by atoms with Gasteiger partial charge in [0.05, 0.1) is 20.3 Å². The van der Waals surface area contributed by atoms with Crippen molar-refractivity contribution in [3.05, 3.63) is 12.7 Å². The van der Waals surface area contributed by atoms with Crippen molar-refractivity contribution in [1.29, 1.82) is 0 Å². The highest BCUT2D eigenvalue weighted by atomic mass is 28.4. The predicted molar refractivity (Wildman–Crippen MR) is 120 cm³/mol. The van der Waals surface area contributed by atoms with Gasteiger partial charge < -0.3 is 33.6 Å². The highest BCUT2D eigenvalue weighted by Gasteiger charge is 2.47. The van der Waals surface area contributed by atoms with E-state index in [1.807, 2.05) is 0 Å². The van der Waals surface area contributed by atoms with Gasteiger partial charge in [-0.05, 0) is 31.0 Å². The number of methoxy groups -OCH3 is 1. The van der Waals surface area contributed by atoms with Crippen LogP contribution in [-0.2, 0) is 28.2 Å². The number of rotatable bonds is 13. The number of aliphatic hydroxyl groups is 2. The normalized spacial score (nSPS) is 27.2. The molecule has 1 rings (SSSR count). The Balaban J connectivity index is 2.68. The van der Waals surface area contributed by atoms with E-state index in [9.17, 15) is 15.0 Å². The fraction of sp³-hybridized carbons (Fsp3) is 0.864. The third-order valence-electron chi connectivity index (χ3n) is 6.00. The fourth-order valence-corrected chi connectivity index (χ4v) is 3.92. The summed E-state index contributed by atoms with van der Waals surface area (Å²) in [7, 11) is -0.674. The molecule has 1 saturated heterocycles. The molecule has 1 heterocycles. The molecule has 0 amide bonds. The predicted octanol–water partition coefficient (Wildman–Crippen LogP) is 2.78. The summed E-state index contributed by atoms with van der Waals surface area (Å²) < 4.78 is 28.1. The Morgan fingerprint density at radius 2 is 1.81 bits per heavy atom. The lowest BCUT2D eigenvalue weighted by Crippen LogP contribution is -2.61. The topological polar surface area (TPSA) is 104 Å². The second kappa shape index (κ2) is 13.0. The maximum absolute atomic E-state index is 11.2. The van der Waals surface area contributed by atoms with Crippen molar-refractivity contribution in [3.8, 4) is 0 Å². The van der Waals surface area contributed by atoms with Crippen LogP contribution in [0.3, 0.4) is 0 Å². The second-order valence-corrected chi connectivity index (χ2v) is 14.2. The molecule has 0 aromatic heterocycles. The summed E-state index contributed by atoms with van der Waals surface area (Å²) in [5, 5.41) is 21.4. The number of aliphatic hydroxyl groups excluding tert-OH is 2. The monoisotopic (exact) mass is 462 g/mol. The molecular weight excluding hydrogens is 420 g/mol. The summed E-state index contributed by atoms with van der Waals surface area (Å²) in [6.45, 7) is 15.0. The van der Waals surface area contributed by atoms with Crippen molar-refractivity contribution in [3.63, 3.8) is 0 Å². The van der Waals surface area contributed by atoms with Gasteiger partial charge in [0.1, 0.15) is 24.4 Å². The summed E-state index contributed by atoms with van der Waals surface area (Å²) >= 11 is 0. The first-order valence-electron chi connectivity index (χ1n) is 11.0. The molecule has 0 aromatic rings. The highest BCUT2D eigenvalue weighted by Crippen LogP contribution is 2.37. The molecule has 1 aliphatic heterocycles. The van der Waals surface area contributed by atoms with Crippen LogP contribution < -0.4 is 0 Å². The van der Waals surface area contributed by atoms with E-state index in [1.165, 1.54) is 7.11 Å². The molecule has 0 spiro atoms. The number of carbonyl (C=O) groups excluding carboxylic acids is 1. The third-order valence-corrected chi connectivity index (χ3v) is 10.5. The van der Waals surface area contributed by atoms with Gasteiger partial charge in [0, 0.05) is 13.0 Å². The van der Waals surface area contributed by atoms with Crippen LogP contribution in [0.15, 0.2) is 12.7 Å². The zero-order valence-corrected chi connectivity index (χ0v) is 21.0. The van der Waals surface area contributed by atoms with Gasteiger partial charge in [0.2, 0.25) is 0 Å². The van der Waals surface area contributed by atoms with E-state index in [4.69, 9.17) is 18.6 Å². The first kappa shape index (κ1) is 28.2. The lowest BCUT2D eigenvalue weighted by atomic mass is 9.99. The quantitative estimate of drug-likeness (QED) is 0.186. The second-order valence-electron chi connectivity index (χ2n) is 9.44. The van der Waals surface area contributed by atoms with E-state index >= 15 is 0 Å². The molecule has 0 unspecified atom stereocenters. The van der Waals surface area contributed by atoms with Gasteiger partial charge in [-0.15, -0.1) is 6.58 Å². The molecule has 9 heteroatoms. The van der Waals surface area contributed by atoms with Crippen LogP contribution in [0.2, 0.25) is 18.1 Å². The van der Waals surface area contributed by atoms with Crippen molar-refractivity contribution >= 4 is 14.3 Å². The van der Waals surface area contributed by atoms with E-state index in [-0.39, 0.29) is 24.2 Å². The molecule has 1 fully saturated rings. The van der Waals surface area contributed by atoms with Gasteiger partial charge in [0.15, 0.2) is 14.6 Å². The minimum Gasteiger partial charge on any atom is -0.469 e. The summed E-state index contributed by atoms with van der Waals surface area (Å²) in [5.41, 5.74) is 0. The molecule has 182 valence electrons. The van der Waals surface area contributed by atoms with Gasteiger partial charge in [-0.25, -0.2) is 0 Å². The Morgan fingerprint density at radius 3 is 2.39 bits per heavy atom. The lowest BCUT2D eigenvalue weighted by Gasteiger charge is -2.44. The van der Waals surface area contributed by atoms with E-state index < -0.39 is 39.0 Å². The largest absolute Gasteiger partial charge is 0.469 e. The first-order chi connectivity index (χ1) is 14.4. The molecule has 0 radical (unpaired) electrons. The zero-order valence-electron chi connectivity index (χ0n) is 20.0. The molecule has 0 aromatic carbocycles. The van der Waals surface area contributed by atoms with Gasteiger partial charge >= 0.3 is 5.97 Å². The Kier molecular flexibility index (Phi) is 11.9. The average molecular weight is 463 g/mol. The minimum absolute atomic E-state index is 0.0188. The van der Waals surface area contributed by atoms with Crippen LogP contribution in [0.5, 0.6) is 0 Å². The van der Waals surface area contributed by atoms with Crippen LogP contribution in [0, 0.1) is 0 Å². The zero-order chi connectivity index (χ0) is 23.7. The Morgan fingerprint density at radius 1 is 1.13 bits per heavy atom. The number of ether oxygens (including phenoxy) is 4. The molecule has 31 heavy (non-hydrogen) atoms. The number of esters is 1. The van der Waals surface area contributed by atoms with Crippen LogP contribution in [0.4, 0.5) is 0 Å². The first-order valence-corrected chi connectivity index (χ1v) is 13.9. The standard InChI is InChI=1S/C22H42O8Si/c1-8-13-27-20-18(24)16(15-29-31(6,7)22(2,3)4)30-21(19(20)25)28-14-11-9-10-12-17(23)26-5/h8,16,18-21,24-25H,1,9-15H2,2-7H3/t16-,18+,19-,20+,21-/m1/s1. The van der Waals surface area contributed by atoms with Crippen LogP contribution in [0.1, 0.15) is 46.5 Å². The summed E-state index contributed by atoms with van der Waals surface area (Å²) in [4.78, 5) is 11.2. The van der Waals surface area contributed by atoms with Crippen molar-refractivity contribution in [2.24, 2.45) is 0 Å². The van der Waals surface area contributed by atoms with Crippen molar-refractivity contribution < 1.29 is 38.4 Å². The van der Waals surface area contributed by atoms with E-state index in [1.54, 1.807) is 6.08 Å². The number of carbonyl (C=O) groups is 1. The fourth-order valence-electron chi connectivity index (χ4n) is 2.91. The Labute approximate surface area is 188 Å². The molecule has 5 atom stereocenters. The van der Waals surface area contributed by atoms with Gasteiger partial charge in [-0.2, -0.15) is 0 Å². The van der Waals surface area contributed by atoms with Crippen LogP contribution in [0.25, 0.3) is 0 Å². The number of hydrogen-bond acceptors (Lipinski definition) is 8. The van der Waals surface area contributed by atoms with Gasteiger partial charge in [-0.1, -0.05) is 33.3 Å². The molecule has 0 bridgehead atoms. The number of unbranched alkanes of at least 4 members (excludes halogenated alkanes) is 2. The van der Waals surface area contributed by atoms with Gasteiger partial charge in [0.25, 0.3) is 0 Å². The van der Waals surface area contributed by atoms with E-state index in [2.05, 4.69) is 45.2 Å². The van der Waals surface area contributed by atoms with Crippen LogP contribution >= 0.6 is 0 Å². The summed E-state index contributed by atoms with van der Waals surface area (Å²) in [6.07, 6.45) is -0.564. The van der Waals surface area contributed by atoms with Crippen LogP contribution in [-0.4, -0.2) is 82.1 Å². The van der Waals surface area contributed by atoms with Crippen molar-refractivity contribution in [1.82, 2.24) is 0 Å². The highest BCUT2D eigenvalue weighted by molar-refractivity contribution is 6.74. The minimum atomic E-state index is -2.05. The van der Waals surface area contributed by atoms with E-state index in [0.29, 0.717) is 25.9 Å². The SMILES string of the molecule is C=CCO[C@H]1[C@@H](O)[C@@H](CO[Si](C)(C)C(C)(C)C)O[C@@H](OCCCCCC(=O)OC)[C@@H]1O. The smallest absolute Gasteiger partial charge is 0.305 e. The maximum Gasteiger partial charge on any atom is 0.305 e. The van der Waals surface area contributed by atoms with E-state index in [0.717, 1.165) is 6.42 Å². The van der Waals surface area contributed by atoms with Crippen molar-refractivity contribution in [2.75, 3.05) is 26.9 Å². The van der Waals surface area contributed by atoms with Crippen molar-refractivity contribution in [2.45, 2.75) is 95.3 Å². The average Bonchev–Trinajstić information content (AvgIpc) is 2.69. The molecular formula is C22H42O8Si.